The van der Waals surface area contributed by atoms with Crippen molar-refractivity contribution in [3.63, 3.8) is 0 Å². The molecule has 16 heavy (non-hydrogen) atoms. The van der Waals surface area contributed by atoms with Crippen LogP contribution in [-0.4, -0.2) is 20.8 Å². The fourth-order valence-electron chi connectivity index (χ4n) is 1.47. The van der Waals surface area contributed by atoms with Gasteiger partial charge in [-0.05, 0) is 25.1 Å². The average Bonchev–Trinajstić information content (AvgIpc) is 2.81. The quantitative estimate of drug-likeness (QED) is 0.908. The maximum Gasteiger partial charge on any atom is 0.0915 e. The summed E-state index contributed by atoms with van der Waals surface area (Å²) in [4.78, 5) is 3.96. The molecule has 0 aliphatic heterocycles. The van der Waals surface area contributed by atoms with Gasteiger partial charge in [-0.25, -0.2) is 0 Å². The number of aromatic nitrogens is 3. The maximum absolute atomic E-state index is 6.06. The third kappa shape index (κ3) is 2.55. The largest absolute Gasteiger partial charge is 0.311 e. The van der Waals surface area contributed by atoms with E-state index < -0.39 is 0 Å². The smallest absolute Gasteiger partial charge is 0.0915 e. The zero-order valence-electron chi connectivity index (χ0n) is 8.72. The molecule has 0 aromatic carbocycles. The molecule has 2 aromatic heterocycles. The van der Waals surface area contributed by atoms with Gasteiger partial charge in [0.15, 0.2) is 0 Å². The first-order valence-electron chi connectivity index (χ1n) is 4.84. The number of hydrogen-bond acceptors (Lipinski definition) is 5. The van der Waals surface area contributed by atoms with Crippen LogP contribution in [0.15, 0.2) is 24.7 Å². The lowest BCUT2D eigenvalue weighted by molar-refractivity contribution is 0.580. The van der Waals surface area contributed by atoms with Gasteiger partial charge in [0.05, 0.1) is 34.7 Å². The molecule has 84 valence electrons. The second-order valence-corrected chi connectivity index (χ2v) is 4.31. The van der Waals surface area contributed by atoms with Crippen molar-refractivity contribution in [3.8, 4) is 0 Å². The number of rotatable bonds is 4. The molecule has 4 nitrogen and oxygen atoms in total. The Labute approximate surface area is 103 Å². The van der Waals surface area contributed by atoms with Crippen molar-refractivity contribution in [2.24, 2.45) is 0 Å². The van der Waals surface area contributed by atoms with E-state index in [1.54, 1.807) is 18.6 Å². The molecule has 1 unspecified atom stereocenters. The molecule has 2 heterocycles. The van der Waals surface area contributed by atoms with Crippen molar-refractivity contribution in [3.05, 3.63) is 40.9 Å². The third-order valence-corrected chi connectivity index (χ3v) is 3.20. The monoisotopic (exact) mass is 254 g/mol. The number of likely N-dealkylation sites (N-methyl/N-ethyl adjacent to an activating group) is 1. The Morgan fingerprint density at radius 3 is 3.00 bits per heavy atom. The highest BCUT2D eigenvalue weighted by molar-refractivity contribution is 6.99. The van der Waals surface area contributed by atoms with Crippen molar-refractivity contribution >= 4 is 23.3 Å². The Hall–Kier alpha value is -1.04. The van der Waals surface area contributed by atoms with Gasteiger partial charge in [-0.2, -0.15) is 8.75 Å². The number of halogens is 1. The Balaban J connectivity index is 2.17. The normalized spacial score (nSPS) is 12.6. The highest BCUT2D eigenvalue weighted by atomic mass is 35.5. The second-order valence-electron chi connectivity index (χ2n) is 3.34. The maximum atomic E-state index is 6.06. The van der Waals surface area contributed by atoms with Crippen molar-refractivity contribution in [2.75, 3.05) is 7.05 Å². The van der Waals surface area contributed by atoms with Crippen LogP contribution < -0.4 is 5.32 Å². The molecule has 0 saturated carbocycles. The molecular formula is C10H11ClN4S. The molecule has 0 saturated heterocycles. The van der Waals surface area contributed by atoms with E-state index in [2.05, 4.69) is 19.0 Å². The first-order chi connectivity index (χ1) is 7.81. The van der Waals surface area contributed by atoms with Gasteiger partial charge in [-0.1, -0.05) is 11.6 Å². The second kappa shape index (κ2) is 5.34. The minimum Gasteiger partial charge on any atom is -0.311 e. The molecule has 0 bridgehead atoms. The minimum atomic E-state index is 0.138. The first kappa shape index (κ1) is 11.4. The van der Waals surface area contributed by atoms with E-state index in [1.165, 1.54) is 11.7 Å². The van der Waals surface area contributed by atoms with Crippen molar-refractivity contribution in [1.82, 2.24) is 19.0 Å². The molecule has 1 atom stereocenters. The molecule has 0 spiro atoms. The third-order valence-electron chi connectivity index (χ3n) is 2.36. The molecular weight excluding hydrogens is 244 g/mol. The summed E-state index contributed by atoms with van der Waals surface area (Å²) in [6, 6.07) is 2.06. The van der Waals surface area contributed by atoms with Gasteiger partial charge >= 0.3 is 0 Å². The topological polar surface area (TPSA) is 50.7 Å². The predicted octanol–water partition coefficient (Wildman–Crippen LogP) is 2.09. The molecule has 2 aromatic rings. The first-order valence-corrected chi connectivity index (χ1v) is 5.95. The van der Waals surface area contributed by atoms with Gasteiger partial charge in [0, 0.05) is 12.4 Å². The van der Waals surface area contributed by atoms with Crippen LogP contribution in [0.2, 0.25) is 5.02 Å². The Morgan fingerprint density at radius 1 is 1.50 bits per heavy atom. The van der Waals surface area contributed by atoms with Gasteiger partial charge in [-0.3, -0.25) is 4.98 Å². The van der Waals surface area contributed by atoms with E-state index >= 15 is 0 Å². The Bertz CT molecular complexity index is 446. The van der Waals surface area contributed by atoms with Crippen molar-refractivity contribution in [1.29, 1.82) is 0 Å². The molecule has 0 fully saturated rings. The standard InChI is InChI=1S/C10H11ClN4S/c1-12-9(10-6-14-16-15-10)4-7-2-3-13-5-8(7)11/h2-3,5-6,9,12H,4H2,1H3. The molecule has 0 amide bonds. The Morgan fingerprint density at radius 2 is 2.38 bits per heavy atom. The number of pyridine rings is 1. The summed E-state index contributed by atoms with van der Waals surface area (Å²) in [5.41, 5.74) is 2.00. The minimum absolute atomic E-state index is 0.138. The van der Waals surface area contributed by atoms with Gasteiger partial charge in [0.25, 0.3) is 0 Å². The number of nitrogens with zero attached hydrogens (tertiary/aromatic N) is 3. The van der Waals surface area contributed by atoms with Crippen LogP contribution in [0.1, 0.15) is 17.3 Å². The van der Waals surface area contributed by atoms with Crippen molar-refractivity contribution < 1.29 is 0 Å². The molecule has 6 heteroatoms. The summed E-state index contributed by atoms with van der Waals surface area (Å²) >= 11 is 7.28. The van der Waals surface area contributed by atoms with Crippen LogP contribution in [0.25, 0.3) is 0 Å². The lowest BCUT2D eigenvalue weighted by Gasteiger charge is -2.13. The molecule has 2 rings (SSSR count). The molecule has 1 N–H and O–H groups in total. The molecule has 0 aliphatic rings. The number of hydrogen-bond donors (Lipinski definition) is 1. The lowest BCUT2D eigenvalue weighted by Crippen LogP contribution is -2.19. The van der Waals surface area contributed by atoms with Crippen LogP contribution >= 0.6 is 23.3 Å². The fourth-order valence-corrected chi connectivity index (χ4v) is 2.14. The van der Waals surface area contributed by atoms with Gasteiger partial charge in [0.1, 0.15) is 0 Å². The highest BCUT2D eigenvalue weighted by Gasteiger charge is 2.14. The van der Waals surface area contributed by atoms with Crippen molar-refractivity contribution in [2.45, 2.75) is 12.5 Å². The zero-order chi connectivity index (χ0) is 11.4. The summed E-state index contributed by atoms with van der Waals surface area (Å²) in [6.45, 7) is 0. The van der Waals surface area contributed by atoms with Crippen LogP contribution in [0.5, 0.6) is 0 Å². The highest BCUT2D eigenvalue weighted by Crippen LogP contribution is 2.21. The van der Waals surface area contributed by atoms with Crippen LogP contribution in [-0.2, 0) is 6.42 Å². The van der Waals surface area contributed by atoms with E-state index in [4.69, 9.17) is 11.6 Å². The van der Waals surface area contributed by atoms with Crippen LogP contribution in [0.3, 0.4) is 0 Å². The van der Waals surface area contributed by atoms with E-state index in [-0.39, 0.29) is 6.04 Å². The zero-order valence-corrected chi connectivity index (χ0v) is 10.3. The molecule has 0 radical (unpaired) electrons. The van der Waals surface area contributed by atoms with Crippen LogP contribution in [0.4, 0.5) is 0 Å². The predicted molar refractivity (Wildman–Crippen MR) is 64.7 cm³/mol. The number of nitrogens with one attached hydrogen (secondary N) is 1. The fraction of sp³-hybridized carbons (Fsp3) is 0.300. The van der Waals surface area contributed by atoms with Gasteiger partial charge in [0.2, 0.25) is 0 Å². The summed E-state index contributed by atoms with van der Waals surface area (Å²) < 4.78 is 8.22. The molecule has 0 aliphatic carbocycles. The summed E-state index contributed by atoms with van der Waals surface area (Å²) in [5, 5.41) is 3.89. The van der Waals surface area contributed by atoms with E-state index in [1.807, 2.05) is 13.1 Å². The SMILES string of the molecule is CNC(Cc1ccncc1Cl)c1cnsn1. The summed E-state index contributed by atoms with van der Waals surface area (Å²) in [5.74, 6) is 0. The summed E-state index contributed by atoms with van der Waals surface area (Å²) in [7, 11) is 1.90. The lowest BCUT2D eigenvalue weighted by atomic mass is 10.1. The van der Waals surface area contributed by atoms with Crippen LogP contribution in [0, 0.1) is 0 Å². The van der Waals surface area contributed by atoms with E-state index in [9.17, 15) is 0 Å². The van der Waals surface area contributed by atoms with E-state index in [0.29, 0.717) is 5.02 Å². The van der Waals surface area contributed by atoms with Gasteiger partial charge < -0.3 is 5.32 Å². The summed E-state index contributed by atoms with van der Waals surface area (Å²) in [6.07, 6.45) is 5.96. The van der Waals surface area contributed by atoms with E-state index in [0.717, 1.165) is 17.7 Å². The Kier molecular flexibility index (Phi) is 3.82. The van der Waals surface area contributed by atoms with Gasteiger partial charge in [-0.15, -0.1) is 0 Å². The average molecular weight is 255 g/mol.